The molecule has 6 nitrogen and oxygen atoms in total. The maximum absolute atomic E-state index is 12.9. The molecule has 1 saturated heterocycles. The summed E-state index contributed by atoms with van der Waals surface area (Å²) in [4.78, 5) is 38.7. The lowest BCUT2D eigenvalue weighted by molar-refractivity contribution is -0.135. The van der Waals surface area contributed by atoms with Crippen molar-refractivity contribution < 1.29 is 14.4 Å². The second kappa shape index (κ2) is 7.39. The topological polar surface area (TPSA) is 78.5 Å². The Morgan fingerprint density at radius 3 is 2.77 bits per heavy atom. The molecule has 0 unspecified atom stereocenters. The number of carbonyl (C=O) groups excluding carboxylic acids is 3. The van der Waals surface area contributed by atoms with Gasteiger partial charge in [0.1, 0.15) is 12.1 Å². The standard InChI is InChI=1S/C19H24BrN3O3/c1-12-6-3-4-9-15(12)21-16(24)11-23-17(25)19(2,22-18(23)26)13-7-5-8-14(20)10-13/h5,7-8,10,12,15H,3-4,6,9,11H2,1-2H3,(H,21,24)(H,22,26)/t12-,15+,19+/m1/s1. The zero-order valence-corrected chi connectivity index (χ0v) is 16.6. The zero-order valence-electron chi connectivity index (χ0n) is 15.0. The zero-order chi connectivity index (χ0) is 18.9. The van der Waals surface area contributed by atoms with Crippen molar-refractivity contribution in [1.82, 2.24) is 15.5 Å². The number of hydrogen-bond acceptors (Lipinski definition) is 3. The van der Waals surface area contributed by atoms with E-state index in [1.54, 1.807) is 19.1 Å². The SMILES string of the molecule is C[C@@H]1CCCC[C@@H]1NC(=O)CN1C(=O)N[C@@](C)(c2cccc(Br)c2)C1=O. The number of halogens is 1. The summed E-state index contributed by atoms with van der Waals surface area (Å²) in [6, 6.07) is 6.83. The lowest BCUT2D eigenvalue weighted by Gasteiger charge is -2.30. The van der Waals surface area contributed by atoms with Gasteiger partial charge in [-0.25, -0.2) is 4.79 Å². The highest BCUT2D eigenvalue weighted by Gasteiger charge is 2.49. The molecule has 3 rings (SSSR count). The van der Waals surface area contributed by atoms with Crippen LogP contribution in [0.4, 0.5) is 4.79 Å². The van der Waals surface area contributed by atoms with E-state index in [9.17, 15) is 14.4 Å². The summed E-state index contributed by atoms with van der Waals surface area (Å²) in [5.74, 6) is -0.277. The summed E-state index contributed by atoms with van der Waals surface area (Å²) in [7, 11) is 0. The van der Waals surface area contributed by atoms with Crippen LogP contribution in [-0.2, 0) is 15.1 Å². The second-order valence-corrected chi connectivity index (χ2v) is 8.31. The summed E-state index contributed by atoms with van der Waals surface area (Å²) in [6.45, 7) is 3.54. The Balaban J connectivity index is 1.70. The largest absolute Gasteiger partial charge is 0.352 e. The fraction of sp³-hybridized carbons (Fsp3) is 0.526. The molecule has 1 aromatic rings. The maximum Gasteiger partial charge on any atom is 0.325 e. The Labute approximate surface area is 161 Å². The lowest BCUT2D eigenvalue weighted by atomic mass is 9.86. The molecule has 2 fully saturated rings. The molecule has 0 radical (unpaired) electrons. The number of hydrogen-bond donors (Lipinski definition) is 2. The highest BCUT2D eigenvalue weighted by molar-refractivity contribution is 9.10. The first-order chi connectivity index (χ1) is 12.3. The number of rotatable bonds is 4. The fourth-order valence-electron chi connectivity index (χ4n) is 3.76. The van der Waals surface area contributed by atoms with Crippen LogP contribution in [0.5, 0.6) is 0 Å². The van der Waals surface area contributed by atoms with E-state index in [0.717, 1.165) is 28.6 Å². The molecule has 140 valence electrons. The van der Waals surface area contributed by atoms with Crippen molar-refractivity contribution in [2.75, 3.05) is 6.54 Å². The summed E-state index contributed by atoms with van der Waals surface area (Å²) >= 11 is 3.38. The third kappa shape index (κ3) is 3.63. The minimum Gasteiger partial charge on any atom is -0.352 e. The molecule has 1 aliphatic carbocycles. The number of amides is 4. The molecule has 0 aromatic heterocycles. The van der Waals surface area contributed by atoms with Gasteiger partial charge in [0.15, 0.2) is 0 Å². The summed E-state index contributed by atoms with van der Waals surface area (Å²) in [5.41, 5.74) is -0.492. The Bertz CT molecular complexity index is 738. The molecule has 26 heavy (non-hydrogen) atoms. The second-order valence-electron chi connectivity index (χ2n) is 7.39. The molecular weight excluding hydrogens is 398 g/mol. The van der Waals surface area contributed by atoms with Crippen LogP contribution in [0.25, 0.3) is 0 Å². The summed E-state index contributed by atoms with van der Waals surface area (Å²) in [6.07, 6.45) is 4.32. The normalized spacial score (nSPS) is 28.8. The third-order valence-electron chi connectivity index (χ3n) is 5.44. The van der Waals surface area contributed by atoms with Gasteiger partial charge in [-0.05, 0) is 43.4 Å². The monoisotopic (exact) mass is 421 g/mol. The number of carbonyl (C=O) groups is 3. The average Bonchev–Trinajstić information content (AvgIpc) is 2.81. The molecule has 1 saturated carbocycles. The molecule has 1 aromatic carbocycles. The summed E-state index contributed by atoms with van der Waals surface area (Å²) in [5, 5.41) is 5.72. The Kier molecular flexibility index (Phi) is 5.37. The van der Waals surface area contributed by atoms with Crippen molar-refractivity contribution in [1.29, 1.82) is 0 Å². The van der Waals surface area contributed by atoms with E-state index in [2.05, 4.69) is 33.5 Å². The van der Waals surface area contributed by atoms with Gasteiger partial charge in [-0.15, -0.1) is 0 Å². The Morgan fingerprint density at radius 1 is 1.35 bits per heavy atom. The van der Waals surface area contributed by atoms with E-state index in [4.69, 9.17) is 0 Å². The van der Waals surface area contributed by atoms with Crippen molar-refractivity contribution in [2.45, 2.75) is 51.1 Å². The van der Waals surface area contributed by atoms with Crippen molar-refractivity contribution in [3.63, 3.8) is 0 Å². The first-order valence-electron chi connectivity index (χ1n) is 9.01. The van der Waals surface area contributed by atoms with Crippen molar-refractivity contribution >= 4 is 33.8 Å². The van der Waals surface area contributed by atoms with E-state index in [1.165, 1.54) is 6.42 Å². The number of nitrogens with one attached hydrogen (secondary N) is 2. The van der Waals surface area contributed by atoms with Crippen LogP contribution in [0.15, 0.2) is 28.7 Å². The Morgan fingerprint density at radius 2 is 2.08 bits per heavy atom. The minimum atomic E-state index is -1.17. The molecule has 0 spiro atoms. The van der Waals surface area contributed by atoms with Crippen LogP contribution < -0.4 is 10.6 Å². The van der Waals surface area contributed by atoms with Crippen LogP contribution in [0.1, 0.15) is 45.1 Å². The number of benzene rings is 1. The van der Waals surface area contributed by atoms with Crippen LogP contribution in [0.2, 0.25) is 0 Å². The molecule has 7 heteroatoms. The molecule has 1 aliphatic heterocycles. The fourth-order valence-corrected chi connectivity index (χ4v) is 4.16. The quantitative estimate of drug-likeness (QED) is 0.733. The molecular formula is C19H24BrN3O3. The van der Waals surface area contributed by atoms with Gasteiger partial charge in [0, 0.05) is 10.5 Å². The first-order valence-corrected chi connectivity index (χ1v) is 9.80. The van der Waals surface area contributed by atoms with Gasteiger partial charge >= 0.3 is 6.03 Å². The van der Waals surface area contributed by atoms with Crippen molar-refractivity contribution in [2.24, 2.45) is 5.92 Å². The molecule has 3 atom stereocenters. The minimum absolute atomic E-state index is 0.119. The molecule has 4 amide bonds. The average molecular weight is 422 g/mol. The molecule has 2 N–H and O–H groups in total. The number of nitrogens with zero attached hydrogens (tertiary/aromatic N) is 1. The van der Waals surface area contributed by atoms with E-state index >= 15 is 0 Å². The van der Waals surface area contributed by atoms with Crippen LogP contribution in [0.3, 0.4) is 0 Å². The lowest BCUT2D eigenvalue weighted by Crippen LogP contribution is -2.47. The predicted octanol–water partition coefficient (Wildman–Crippen LogP) is 2.91. The summed E-state index contributed by atoms with van der Waals surface area (Å²) < 4.78 is 0.820. The molecule has 2 aliphatic rings. The van der Waals surface area contributed by atoms with Crippen molar-refractivity contribution in [3.8, 4) is 0 Å². The highest BCUT2D eigenvalue weighted by atomic mass is 79.9. The van der Waals surface area contributed by atoms with E-state index in [-0.39, 0.29) is 18.5 Å². The van der Waals surface area contributed by atoms with Crippen LogP contribution >= 0.6 is 15.9 Å². The van der Waals surface area contributed by atoms with Gasteiger partial charge in [0.05, 0.1) is 0 Å². The van der Waals surface area contributed by atoms with Gasteiger partial charge < -0.3 is 10.6 Å². The smallest absolute Gasteiger partial charge is 0.325 e. The number of urea groups is 1. The van der Waals surface area contributed by atoms with Gasteiger partial charge in [-0.3, -0.25) is 14.5 Å². The Hall–Kier alpha value is -1.89. The van der Waals surface area contributed by atoms with Crippen LogP contribution in [0, 0.1) is 5.92 Å². The van der Waals surface area contributed by atoms with Crippen LogP contribution in [-0.4, -0.2) is 35.3 Å². The van der Waals surface area contributed by atoms with Gasteiger partial charge in [0.25, 0.3) is 5.91 Å². The molecule has 1 heterocycles. The van der Waals surface area contributed by atoms with Gasteiger partial charge in [-0.2, -0.15) is 0 Å². The highest BCUT2D eigenvalue weighted by Crippen LogP contribution is 2.30. The van der Waals surface area contributed by atoms with Gasteiger partial charge in [-0.1, -0.05) is 47.8 Å². The number of imide groups is 1. The van der Waals surface area contributed by atoms with E-state index < -0.39 is 17.5 Å². The van der Waals surface area contributed by atoms with Crippen molar-refractivity contribution in [3.05, 3.63) is 34.3 Å². The van der Waals surface area contributed by atoms with Gasteiger partial charge in [0.2, 0.25) is 5.91 Å². The first kappa shape index (κ1) is 18.9. The maximum atomic E-state index is 12.9. The van der Waals surface area contributed by atoms with E-state index in [1.807, 2.05) is 12.1 Å². The van der Waals surface area contributed by atoms with E-state index in [0.29, 0.717) is 11.5 Å². The predicted molar refractivity (Wildman–Crippen MR) is 101 cm³/mol. The third-order valence-corrected chi connectivity index (χ3v) is 5.93. The molecule has 0 bridgehead atoms.